The third-order valence-corrected chi connectivity index (χ3v) is 13.0. The van der Waals surface area contributed by atoms with Crippen LogP contribution in [0.1, 0.15) is 49.8 Å². The summed E-state index contributed by atoms with van der Waals surface area (Å²) >= 11 is 0. The van der Waals surface area contributed by atoms with Crippen LogP contribution in [0.4, 0.5) is 28.0 Å². The van der Waals surface area contributed by atoms with Crippen LogP contribution >= 0.6 is 0 Å². The molecule has 1 aliphatic heterocycles. The summed E-state index contributed by atoms with van der Waals surface area (Å²) in [5.74, 6) is 0.818. The average molecular weight is 672 g/mol. The van der Waals surface area contributed by atoms with Gasteiger partial charge in [0.25, 0.3) is 0 Å². The van der Waals surface area contributed by atoms with Gasteiger partial charge in [0, 0.05) is 18.4 Å². The van der Waals surface area contributed by atoms with E-state index in [9.17, 15) is 32.3 Å². The number of carbonyl (C=O) groups is 2. The number of carbonyl (C=O) groups excluding carboxylic acids is 1. The monoisotopic (exact) mass is 671 g/mol. The van der Waals surface area contributed by atoms with Gasteiger partial charge in [0.2, 0.25) is 5.91 Å². The molecule has 1 aromatic heterocycles. The number of aromatic nitrogens is 1. The minimum Gasteiger partial charge on any atom is -0.465 e. The van der Waals surface area contributed by atoms with E-state index >= 15 is 0 Å². The zero-order valence-corrected chi connectivity index (χ0v) is 27.7. The van der Waals surface area contributed by atoms with Gasteiger partial charge in [-0.25, -0.2) is 22.4 Å². The van der Waals surface area contributed by atoms with Crippen LogP contribution in [0, 0.1) is 35.1 Å². The number of rotatable bonds is 8. The van der Waals surface area contributed by atoms with E-state index in [1.54, 1.807) is 0 Å². The minimum absolute atomic E-state index is 0.0220. The number of pyridine rings is 1. The Kier molecular flexibility index (Phi) is 11.1. The van der Waals surface area contributed by atoms with Gasteiger partial charge in [0.15, 0.2) is 14.1 Å². The molecule has 250 valence electrons. The second-order valence-corrected chi connectivity index (χ2v) is 17.7. The number of morpholine rings is 1. The van der Waals surface area contributed by atoms with E-state index in [0.29, 0.717) is 11.6 Å². The maximum absolute atomic E-state index is 15.0. The van der Waals surface area contributed by atoms with Crippen molar-refractivity contribution in [3.8, 4) is 11.8 Å². The van der Waals surface area contributed by atoms with Crippen molar-refractivity contribution in [2.75, 3.05) is 25.1 Å². The zero-order chi connectivity index (χ0) is 34.5. The maximum atomic E-state index is 15.0. The average Bonchev–Trinajstić information content (AvgIpc) is 2.98. The topological polar surface area (TPSA) is 101 Å². The van der Waals surface area contributed by atoms with E-state index in [1.165, 1.54) is 35.4 Å². The van der Waals surface area contributed by atoms with Gasteiger partial charge in [-0.15, -0.1) is 0 Å². The van der Waals surface area contributed by atoms with Crippen molar-refractivity contribution in [2.24, 2.45) is 0 Å². The lowest BCUT2D eigenvalue weighted by molar-refractivity contribution is -0.116. The first-order valence-corrected chi connectivity index (χ1v) is 17.9. The lowest BCUT2D eigenvalue weighted by atomic mass is 9.88. The van der Waals surface area contributed by atoms with Gasteiger partial charge in [-0.3, -0.25) is 14.7 Å². The number of benzene rings is 2. The van der Waals surface area contributed by atoms with Gasteiger partial charge >= 0.3 is 6.09 Å². The zero-order valence-electron chi connectivity index (χ0n) is 26.7. The number of ether oxygens (including phenoxy) is 1. The molecule has 1 saturated heterocycles. The van der Waals surface area contributed by atoms with Crippen molar-refractivity contribution in [1.82, 2.24) is 9.88 Å². The van der Waals surface area contributed by atoms with E-state index < -0.39 is 61.7 Å². The number of nitrogens with one attached hydrogen (secondary N) is 1. The lowest BCUT2D eigenvalue weighted by Crippen LogP contribution is -2.55. The Morgan fingerprint density at radius 1 is 1.06 bits per heavy atom. The molecule has 0 bridgehead atoms. The maximum Gasteiger partial charge on any atom is 0.407 e. The van der Waals surface area contributed by atoms with E-state index in [0.717, 1.165) is 18.3 Å². The van der Waals surface area contributed by atoms with Crippen LogP contribution in [0.3, 0.4) is 0 Å². The van der Waals surface area contributed by atoms with Gasteiger partial charge in [0.1, 0.15) is 23.6 Å². The number of hydrogen-bond donors (Lipinski definition) is 2. The first-order chi connectivity index (χ1) is 22.0. The Morgan fingerprint density at radius 3 is 2.34 bits per heavy atom. The lowest BCUT2D eigenvalue weighted by Gasteiger charge is -2.41. The standard InChI is InChI=1S/C34H37F4N3O5Si/c1-34(2,3)47(4,5)46-20-26-19-45-27(18-41(26)33(43)44)10-11-28-30(38)16-39-17-31(28)40-32(42)15-29(21-6-8-23(35)9-7-21)22-12-24(36)14-25(37)13-22/h6-9,12-14,16-17,26-27,29H,15,18-20H2,1-5H3,(H,40,42)(H,43,44)/t26?,27?,29-/m1/s1. The Hall–Kier alpha value is -4.25. The fourth-order valence-corrected chi connectivity index (χ4v) is 5.82. The molecule has 2 heterocycles. The number of hydrogen-bond acceptors (Lipinski definition) is 5. The van der Waals surface area contributed by atoms with E-state index in [4.69, 9.17) is 9.16 Å². The van der Waals surface area contributed by atoms with E-state index in [-0.39, 0.29) is 48.0 Å². The first-order valence-electron chi connectivity index (χ1n) is 15.0. The predicted octanol–water partition coefficient (Wildman–Crippen LogP) is 6.92. The number of anilines is 1. The molecule has 2 unspecified atom stereocenters. The van der Waals surface area contributed by atoms with Crippen LogP contribution in [0.5, 0.6) is 0 Å². The molecule has 47 heavy (non-hydrogen) atoms. The summed E-state index contributed by atoms with van der Waals surface area (Å²) in [6, 6.07) is 7.47. The molecule has 0 aliphatic carbocycles. The molecule has 0 radical (unpaired) electrons. The van der Waals surface area contributed by atoms with Gasteiger partial charge in [0.05, 0.1) is 49.4 Å². The van der Waals surface area contributed by atoms with E-state index in [2.05, 4.69) is 56.0 Å². The van der Waals surface area contributed by atoms with Crippen molar-refractivity contribution in [1.29, 1.82) is 0 Å². The summed E-state index contributed by atoms with van der Waals surface area (Å²) in [6.45, 7) is 10.5. The van der Waals surface area contributed by atoms with Crippen LogP contribution in [0.15, 0.2) is 54.9 Å². The first kappa shape index (κ1) is 35.6. The Morgan fingerprint density at radius 2 is 1.72 bits per heavy atom. The molecule has 1 aliphatic rings. The number of nitrogens with zero attached hydrogens (tertiary/aromatic N) is 2. The Balaban J connectivity index is 1.51. The molecule has 1 fully saturated rings. The normalized spacial score (nSPS) is 17.4. The van der Waals surface area contributed by atoms with Crippen LogP contribution in [0.25, 0.3) is 0 Å². The SMILES string of the molecule is CC(C)(C)[Si](C)(C)OCC1COC(C#Cc2c(F)cncc2NC(=O)C[C@H](c2ccc(F)cc2)c2cc(F)cc(F)c2)CN1C(=O)O. The van der Waals surface area contributed by atoms with E-state index in [1.807, 2.05) is 0 Å². The summed E-state index contributed by atoms with van der Waals surface area (Å²) < 4.78 is 68.8. The van der Waals surface area contributed by atoms with Gasteiger partial charge in [-0.2, -0.15) is 0 Å². The summed E-state index contributed by atoms with van der Waals surface area (Å²) in [4.78, 5) is 30.3. The molecule has 0 spiro atoms. The highest BCUT2D eigenvalue weighted by Crippen LogP contribution is 2.37. The van der Waals surface area contributed by atoms with Crippen LogP contribution in [-0.4, -0.2) is 67.2 Å². The predicted molar refractivity (Wildman–Crippen MR) is 170 cm³/mol. The Bertz CT molecular complexity index is 1650. The second-order valence-electron chi connectivity index (χ2n) is 12.9. The highest BCUT2D eigenvalue weighted by molar-refractivity contribution is 6.74. The quantitative estimate of drug-likeness (QED) is 0.153. The molecule has 2 N–H and O–H groups in total. The summed E-state index contributed by atoms with van der Waals surface area (Å²) in [5.41, 5.74) is 0.288. The summed E-state index contributed by atoms with van der Waals surface area (Å²) in [6.07, 6.45) is -0.289. The minimum atomic E-state index is -2.15. The molecule has 3 atom stereocenters. The van der Waals surface area contributed by atoms with Crippen molar-refractivity contribution in [2.45, 2.75) is 63.4 Å². The fraction of sp³-hybridized carbons (Fsp3) is 0.382. The van der Waals surface area contributed by atoms with Gasteiger partial charge in [-0.1, -0.05) is 44.7 Å². The Labute approximate surface area is 272 Å². The molecule has 2 amide bonds. The molecule has 2 aromatic carbocycles. The summed E-state index contributed by atoms with van der Waals surface area (Å²) in [7, 11) is -2.15. The van der Waals surface area contributed by atoms with Gasteiger partial charge in [-0.05, 0) is 53.5 Å². The van der Waals surface area contributed by atoms with Crippen LogP contribution in [0.2, 0.25) is 18.1 Å². The third kappa shape index (κ3) is 9.18. The highest BCUT2D eigenvalue weighted by Gasteiger charge is 2.39. The fourth-order valence-electron chi connectivity index (χ4n) is 4.77. The van der Waals surface area contributed by atoms with Crippen LogP contribution < -0.4 is 5.32 Å². The molecule has 13 heteroatoms. The number of amides is 2. The van der Waals surface area contributed by atoms with Crippen LogP contribution in [-0.2, 0) is 14.0 Å². The molecule has 3 aromatic rings. The van der Waals surface area contributed by atoms with Gasteiger partial charge < -0.3 is 19.6 Å². The molecule has 4 rings (SSSR count). The molecular weight excluding hydrogens is 634 g/mol. The molecule has 8 nitrogen and oxygen atoms in total. The summed E-state index contributed by atoms with van der Waals surface area (Å²) in [5, 5.41) is 12.4. The molecular formula is C34H37F4N3O5Si. The second kappa shape index (κ2) is 14.7. The number of halogens is 4. The largest absolute Gasteiger partial charge is 0.465 e. The number of carboxylic acid groups (broad SMARTS) is 1. The highest BCUT2D eigenvalue weighted by atomic mass is 28.4. The molecule has 0 saturated carbocycles. The van der Waals surface area contributed by atoms with Crippen molar-refractivity contribution in [3.63, 3.8) is 0 Å². The third-order valence-electron chi connectivity index (χ3n) is 8.46. The van der Waals surface area contributed by atoms with Crippen molar-refractivity contribution in [3.05, 3.63) is 94.8 Å². The smallest absolute Gasteiger partial charge is 0.407 e. The van der Waals surface area contributed by atoms with Crippen molar-refractivity contribution < 1.29 is 41.4 Å². The van der Waals surface area contributed by atoms with Crippen molar-refractivity contribution >= 4 is 26.0 Å².